The molecule has 0 fully saturated rings. The van der Waals surface area contributed by atoms with Gasteiger partial charge in [-0.3, -0.25) is 4.57 Å². The lowest BCUT2D eigenvalue weighted by molar-refractivity contribution is -0.144. The number of alkyl halides is 24. The molecule has 9 aromatic carbocycles. The maximum absolute atomic E-state index is 14.8. The summed E-state index contributed by atoms with van der Waals surface area (Å²) in [5, 5.41) is 9.58. The van der Waals surface area contributed by atoms with E-state index in [1.165, 1.54) is 63.7 Å². The van der Waals surface area contributed by atoms with Crippen LogP contribution in [0.4, 0.5) is 105 Å². The number of hydrogen-bond donors (Lipinski definition) is 0. The fourth-order valence-electron chi connectivity index (χ4n) is 11.8. The number of rotatable bonds is 7. The second-order valence-corrected chi connectivity index (χ2v) is 21.9. The van der Waals surface area contributed by atoms with Crippen molar-refractivity contribution < 1.29 is 105 Å². The highest BCUT2D eigenvalue weighted by Gasteiger charge is 2.43. The Hall–Kier alpha value is -10.5. The van der Waals surface area contributed by atoms with Gasteiger partial charge in [-0.1, -0.05) is 60.7 Å². The molecular formula is C68H30F24N4. The van der Waals surface area contributed by atoms with Crippen molar-refractivity contribution in [3.63, 3.8) is 0 Å². The van der Waals surface area contributed by atoms with Gasteiger partial charge in [-0.15, -0.1) is 0 Å². The number of nitriles is 1. The molecule has 3 aromatic heterocycles. The Morgan fingerprint density at radius 3 is 0.854 bits per heavy atom. The van der Waals surface area contributed by atoms with Gasteiger partial charge < -0.3 is 4.57 Å². The Labute approximate surface area is 521 Å². The van der Waals surface area contributed by atoms with Crippen molar-refractivity contribution in [3.8, 4) is 73.2 Å². The lowest BCUT2D eigenvalue weighted by Crippen LogP contribution is -2.12. The summed E-state index contributed by atoms with van der Waals surface area (Å²) in [7, 11) is 0. The molecule has 3 heterocycles. The highest BCUT2D eigenvalue weighted by Crippen LogP contribution is 2.50. The molecule has 490 valence electrons. The monoisotopic (exact) mass is 1360 g/mol. The van der Waals surface area contributed by atoms with Gasteiger partial charge >= 0.3 is 49.4 Å². The second-order valence-electron chi connectivity index (χ2n) is 21.9. The van der Waals surface area contributed by atoms with Crippen molar-refractivity contribution in [1.29, 1.82) is 5.26 Å². The molecule has 0 unspecified atom stereocenters. The van der Waals surface area contributed by atoms with E-state index in [2.05, 4.69) is 0 Å². The third-order valence-electron chi connectivity index (χ3n) is 16.0. The van der Waals surface area contributed by atoms with Crippen LogP contribution >= 0.6 is 0 Å². The highest BCUT2D eigenvalue weighted by atomic mass is 19.4. The summed E-state index contributed by atoms with van der Waals surface area (Å²) < 4.78 is 347. The Kier molecular flexibility index (Phi) is 15.3. The van der Waals surface area contributed by atoms with Crippen LogP contribution in [0.25, 0.3) is 111 Å². The van der Waals surface area contributed by atoms with Crippen LogP contribution in [0, 0.1) is 11.3 Å². The van der Waals surface area contributed by atoms with Crippen LogP contribution in [0.2, 0.25) is 0 Å². The van der Waals surface area contributed by atoms with Crippen molar-refractivity contribution in [2.75, 3.05) is 0 Å². The molecule has 12 aromatic rings. The molecule has 0 atom stereocenters. The number of fused-ring (bicyclic) bond motifs is 6. The zero-order valence-electron chi connectivity index (χ0n) is 47.2. The first-order valence-corrected chi connectivity index (χ1v) is 27.4. The Balaban J connectivity index is 1.15. The summed E-state index contributed by atoms with van der Waals surface area (Å²) in [4.78, 5) is 4.74. The molecule has 0 saturated carbocycles. The van der Waals surface area contributed by atoms with E-state index in [0.717, 1.165) is 54.7 Å². The summed E-state index contributed by atoms with van der Waals surface area (Å²) in [5.74, 6) is -0.193. The lowest BCUT2D eigenvalue weighted by Gasteiger charge is -2.18. The Bertz CT molecular complexity index is 4930. The fraction of sp³-hybridized carbons (Fsp3) is 0.118. The van der Waals surface area contributed by atoms with Gasteiger partial charge in [0, 0.05) is 27.1 Å². The minimum atomic E-state index is -5.45. The van der Waals surface area contributed by atoms with Crippen molar-refractivity contribution in [3.05, 3.63) is 232 Å². The molecule has 0 radical (unpaired) electrons. The van der Waals surface area contributed by atoms with E-state index in [1.54, 1.807) is 0 Å². The molecule has 12 rings (SSSR count). The molecule has 4 nitrogen and oxygen atoms in total. The molecule has 0 bridgehead atoms. The van der Waals surface area contributed by atoms with Gasteiger partial charge in [0.2, 0.25) is 0 Å². The predicted molar refractivity (Wildman–Crippen MR) is 305 cm³/mol. The standard InChI is InChI=1S/C68H30F24N4/c69-61(70,71)38-8-12-42(51(25-38)65(81,82)83)34-4-16-55-47(21-34)48-22-35(43-13-9-39(62(72,73)74)26-52(43)66(84,85)86)5-17-56(48)95(55)59-31-94-60(29-46(59)33-3-1-2-32(20-33)30-93)96-57-18-6-36(44-14-10-40(63(75,76)77)27-53(44)67(87,88)89)23-49(57)50-24-37(7-19-58(50)96)45-15-11-41(64(78,79)80)28-54(45)68(90,91)92/h1-29,31H. The van der Waals surface area contributed by atoms with Crippen molar-refractivity contribution in [2.45, 2.75) is 49.4 Å². The van der Waals surface area contributed by atoms with Gasteiger partial charge in [0.25, 0.3) is 0 Å². The molecule has 0 N–H and O–H groups in total. The van der Waals surface area contributed by atoms with Crippen LogP contribution in [0.5, 0.6) is 0 Å². The molecule has 0 amide bonds. The molecule has 0 aliphatic carbocycles. The topological polar surface area (TPSA) is 46.5 Å². The number of nitrogens with zero attached hydrogens (tertiary/aromatic N) is 4. The van der Waals surface area contributed by atoms with E-state index >= 15 is 0 Å². The normalized spacial score (nSPS) is 13.2. The molecule has 0 saturated heterocycles. The molecule has 0 aliphatic rings. The van der Waals surface area contributed by atoms with Gasteiger partial charge in [0.15, 0.2) is 0 Å². The molecular weight excluding hydrogens is 1330 g/mol. The third-order valence-corrected chi connectivity index (χ3v) is 16.0. The maximum Gasteiger partial charge on any atom is 0.417 e. The molecule has 0 aliphatic heterocycles. The predicted octanol–water partition coefficient (Wildman–Crippen LogP) is 23.6. The first-order valence-electron chi connectivity index (χ1n) is 27.4. The summed E-state index contributed by atoms with van der Waals surface area (Å²) in [6, 6.07) is 25.2. The van der Waals surface area contributed by atoms with Gasteiger partial charge in [0.05, 0.1) is 90.1 Å². The van der Waals surface area contributed by atoms with Gasteiger partial charge in [-0.2, -0.15) is 111 Å². The van der Waals surface area contributed by atoms with Crippen LogP contribution in [-0.4, -0.2) is 14.1 Å². The zero-order chi connectivity index (χ0) is 69.5. The summed E-state index contributed by atoms with van der Waals surface area (Å²) in [6.07, 6.45) is -41.7. The van der Waals surface area contributed by atoms with E-state index in [-0.39, 0.29) is 96.1 Å². The first-order chi connectivity index (χ1) is 44.6. The van der Waals surface area contributed by atoms with Crippen LogP contribution < -0.4 is 0 Å². The largest absolute Gasteiger partial charge is 0.417 e. The summed E-state index contributed by atoms with van der Waals surface area (Å²) in [5.41, 5.74) is -18.8. The van der Waals surface area contributed by atoms with Crippen LogP contribution in [0.1, 0.15) is 50.1 Å². The second kappa shape index (κ2) is 22.3. The van der Waals surface area contributed by atoms with E-state index in [4.69, 9.17) is 4.98 Å². The van der Waals surface area contributed by atoms with Crippen molar-refractivity contribution >= 4 is 43.6 Å². The number of pyridine rings is 1. The number of benzene rings is 9. The molecule has 0 spiro atoms. The molecule has 28 heteroatoms. The minimum Gasteiger partial charge on any atom is -0.307 e. The van der Waals surface area contributed by atoms with Crippen molar-refractivity contribution in [2.24, 2.45) is 0 Å². The SMILES string of the molecule is N#Cc1cccc(-c2cc(-n3c4ccc(-c5ccc(C(F)(F)F)cc5C(F)(F)F)cc4c4cc(-c5ccc(C(F)(F)F)cc5C(F)(F)F)ccc43)ncc2-n2c3ccc(-c4ccc(C(F)(F)F)cc4C(F)(F)F)cc3c3cc(-c4ccc(C(F)(F)F)cc4C(F)(F)F)ccc32)c1. The zero-order valence-corrected chi connectivity index (χ0v) is 47.2. The average molecular weight is 1360 g/mol. The van der Waals surface area contributed by atoms with Crippen LogP contribution in [0.3, 0.4) is 0 Å². The fourth-order valence-corrected chi connectivity index (χ4v) is 11.8. The van der Waals surface area contributed by atoms with Gasteiger partial charge in [0.1, 0.15) is 5.82 Å². The van der Waals surface area contributed by atoms with Gasteiger partial charge in [-0.25, -0.2) is 4.98 Å². The van der Waals surface area contributed by atoms with Crippen molar-refractivity contribution in [1.82, 2.24) is 14.1 Å². The highest BCUT2D eigenvalue weighted by molar-refractivity contribution is 6.14. The Morgan fingerprint density at radius 2 is 0.573 bits per heavy atom. The molecule has 96 heavy (non-hydrogen) atoms. The quantitative estimate of drug-likeness (QED) is 0.149. The average Bonchev–Trinajstić information content (AvgIpc) is 1.52. The van der Waals surface area contributed by atoms with Crippen LogP contribution in [-0.2, 0) is 49.4 Å². The van der Waals surface area contributed by atoms with E-state index in [9.17, 15) is 111 Å². The van der Waals surface area contributed by atoms with Crippen LogP contribution in [0.15, 0.2) is 182 Å². The van der Waals surface area contributed by atoms with E-state index in [1.807, 2.05) is 6.07 Å². The van der Waals surface area contributed by atoms with Gasteiger partial charge in [-0.05, 0) is 165 Å². The maximum atomic E-state index is 14.8. The number of aromatic nitrogens is 3. The van der Waals surface area contributed by atoms with E-state index in [0.29, 0.717) is 48.5 Å². The summed E-state index contributed by atoms with van der Waals surface area (Å²) >= 11 is 0. The summed E-state index contributed by atoms with van der Waals surface area (Å²) in [6.45, 7) is 0. The third kappa shape index (κ3) is 11.9. The Morgan fingerprint density at radius 1 is 0.281 bits per heavy atom. The first kappa shape index (κ1) is 65.6. The smallest absolute Gasteiger partial charge is 0.307 e. The number of hydrogen-bond acceptors (Lipinski definition) is 2. The number of halogens is 24. The lowest BCUT2D eigenvalue weighted by atomic mass is 9.94. The minimum absolute atomic E-state index is 0.0118. The van der Waals surface area contributed by atoms with E-state index < -0.39 is 138 Å².